The van der Waals surface area contributed by atoms with Gasteiger partial charge in [0.1, 0.15) is 0 Å². The quantitative estimate of drug-likeness (QED) is 0.728. The second kappa shape index (κ2) is 3.69. The highest BCUT2D eigenvalue weighted by Gasteiger charge is 2.00. The summed E-state index contributed by atoms with van der Waals surface area (Å²) in [5.74, 6) is 0.143. The molecule has 1 aromatic heterocycles. The van der Waals surface area contributed by atoms with Crippen LogP contribution >= 0.6 is 0 Å². The molecule has 5 nitrogen and oxygen atoms in total. The summed E-state index contributed by atoms with van der Waals surface area (Å²) in [6.07, 6.45) is 1.59. The number of nitrogens with one attached hydrogen (secondary N) is 1. The number of rotatable bonds is 2. The van der Waals surface area contributed by atoms with Crippen LogP contribution in [0.4, 0.5) is 5.95 Å². The Morgan fingerprint density at radius 1 is 1.36 bits per heavy atom. The maximum absolute atomic E-state index is 10.4. The highest BCUT2D eigenvalue weighted by molar-refractivity contribution is 7.80. The Balaban J connectivity index is 2.46. The van der Waals surface area contributed by atoms with Crippen molar-refractivity contribution in [2.75, 3.05) is 4.72 Å². The van der Waals surface area contributed by atoms with Crippen LogP contribution in [-0.2, 0) is 11.3 Å². The van der Waals surface area contributed by atoms with Crippen molar-refractivity contribution >= 4 is 28.1 Å². The van der Waals surface area contributed by atoms with Gasteiger partial charge in [0.25, 0.3) is 11.3 Å². The van der Waals surface area contributed by atoms with Gasteiger partial charge in [-0.2, -0.15) is 0 Å². The largest absolute Gasteiger partial charge is 0.289 e. The van der Waals surface area contributed by atoms with Crippen molar-refractivity contribution < 1.29 is 8.76 Å². The highest BCUT2D eigenvalue weighted by Crippen LogP contribution is 2.11. The molecule has 0 saturated heterocycles. The SMILES string of the molecule is O=S(O)Nc1ncc2ccccc2n1. The van der Waals surface area contributed by atoms with Crippen molar-refractivity contribution in [1.29, 1.82) is 0 Å². The molecule has 0 aliphatic carbocycles. The van der Waals surface area contributed by atoms with Crippen molar-refractivity contribution in [2.45, 2.75) is 0 Å². The molecule has 0 radical (unpaired) electrons. The van der Waals surface area contributed by atoms with Crippen molar-refractivity contribution in [1.82, 2.24) is 9.97 Å². The molecule has 1 aromatic carbocycles. The molecule has 0 aliphatic rings. The van der Waals surface area contributed by atoms with Gasteiger partial charge in [0, 0.05) is 11.6 Å². The topological polar surface area (TPSA) is 75.1 Å². The normalized spacial score (nSPS) is 12.6. The molecule has 1 unspecified atom stereocenters. The van der Waals surface area contributed by atoms with Gasteiger partial charge in [-0.1, -0.05) is 18.2 Å². The smallest absolute Gasteiger partial charge is 0.261 e. The number of aromatic nitrogens is 2. The summed E-state index contributed by atoms with van der Waals surface area (Å²) in [6.45, 7) is 0. The first-order valence-corrected chi connectivity index (χ1v) is 4.96. The average Bonchev–Trinajstić information content (AvgIpc) is 2.17. The van der Waals surface area contributed by atoms with Crippen LogP contribution in [0.2, 0.25) is 0 Å². The summed E-state index contributed by atoms with van der Waals surface area (Å²) in [6, 6.07) is 7.40. The lowest BCUT2D eigenvalue weighted by Gasteiger charge is -2.00. The Labute approximate surface area is 82.6 Å². The van der Waals surface area contributed by atoms with Gasteiger partial charge < -0.3 is 0 Å². The number of para-hydroxylation sites is 1. The maximum atomic E-state index is 10.4. The first-order valence-electron chi connectivity index (χ1n) is 3.85. The number of hydrogen-bond donors (Lipinski definition) is 2. The number of benzene rings is 1. The first kappa shape index (κ1) is 9.04. The summed E-state index contributed by atoms with van der Waals surface area (Å²) in [5.41, 5.74) is 0.732. The fourth-order valence-electron chi connectivity index (χ4n) is 1.10. The molecule has 14 heavy (non-hydrogen) atoms. The molecule has 72 valence electrons. The molecule has 1 heterocycles. The zero-order chi connectivity index (χ0) is 9.97. The average molecular weight is 209 g/mol. The van der Waals surface area contributed by atoms with E-state index in [4.69, 9.17) is 4.55 Å². The van der Waals surface area contributed by atoms with Crippen molar-refractivity contribution in [3.63, 3.8) is 0 Å². The van der Waals surface area contributed by atoms with E-state index in [9.17, 15) is 4.21 Å². The van der Waals surface area contributed by atoms with Gasteiger partial charge in [-0.15, -0.1) is 0 Å². The van der Waals surface area contributed by atoms with E-state index in [2.05, 4.69) is 14.7 Å². The van der Waals surface area contributed by atoms with Crippen LogP contribution < -0.4 is 4.72 Å². The predicted octanol–water partition coefficient (Wildman–Crippen LogP) is 1.18. The zero-order valence-electron chi connectivity index (χ0n) is 7.04. The van der Waals surface area contributed by atoms with Crippen LogP contribution in [0, 0.1) is 0 Å². The number of fused-ring (bicyclic) bond motifs is 1. The van der Waals surface area contributed by atoms with Crippen LogP contribution in [0.15, 0.2) is 30.5 Å². The lowest BCUT2D eigenvalue weighted by Crippen LogP contribution is -2.05. The van der Waals surface area contributed by atoms with Crippen LogP contribution in [0.3, 0.4) is 0 Å². The van der Waals surface area contributed by atoms with E-state index >= 15 is 0 Å². The summed E-state index contributed by atoms with van der Waals surface area (Å²) >= 11 is -2.13. The third-order valence-corrected chi connectivity index (χ3v) is 2.02. The van der Waals surface area contributed by atoms with Gasteiger partial charge in [-0.3, -0.25) is 9.27 Å². The second-order valence-corrected chi connectivity index (χ2v) is 3.31. The lowest BCUT2D eigenvalue weighted by atomic mass is 10.2. The fourth-order valence-corrected chi connectivity index (χ4v) is 1.35. The maximum Gasteiger partial charge on any atom is 0.261 e. The van der Waals surface area contributed by atoms with Crippen molar-refractivity contribution in [3.05, 3.63) is 30.5 Å². The summed E-state index contributed by atoms with van der Waals surface area (Å²) in [4.78, 5) is 7.91. The Hall–Kier alpha value is -1.53. The van der Waals surface area contributed by atoms with E-state index < -0.39 is 11.3 Å². The Morgan fingerprint density at radius 3 is 2.93 bits per heavy atom. The summed E-state index contributed by atoms with van der Waals surface area (Å²) in [5, 5.41) is 0.891. The van der Waals surface area contributed by atoms with Crippen molar-refractivity contribution in [3.8, 4) is 0 Å². The second-order valence-electron chi connectivity index (χ2n) is 2.60. The molecule has 0 amide bonds. The van der Waals surface area contributed by atoms with Crippen LogP contribution in [0.1, 0.15) is 0 Å². The molecule has 0 saturated carbocycles. The van der Waals surface area contributed by atoms with Crippen LogP contribution in [-0.4, -0.2) is 18.7 Å². The molecule has 0 aliphatic heterocycles. The minimum Gasteiger partial charge on any atom is -0.289 e. The number of hydrogen-bond acceptors (Lipinski definition) is 3. The van der Waals surface area contributed by atoms with Gasteiger partial charge in [0.15, 0.2) is 0 Å². The van der Waals surface area contributed by atoms with Gasteiger partial charge in [-0.05, 0) is 6.07 Å². The Bertz CT molecular complexity index is 489. The molecule has 6 heteroatoms. The molecule has 0 spiro atoms. The van der Waals surface area contributed by atoms with E-state index in [-0.39, 0.29) is 5.95 Å². The van der Waals surface area contributed by atoms with Crippen LogP contribution in [0.25, 0.3) is 10.9 Å². The van der Waals surface area contributed by atoms with Gasteiger partial charge in [-0.25, -0.2) is 14.2 Å². The molecule has 2 N–H and O–H groups in total. The minimum atomic E-state index is -2.13. The molecular weight excluding hydrogens is 202 g/mol. The first-order chi connectivity index (χ1) is 6.75. The predicted molar refractivity (Wildman–Crippen MR) is 53.9 cm³/mol. The highest BCUT2D eigenvalue weighted by atomic mass is 32.2. The molecule has 2 rings (SSSR count). The number of nitrogens with zero attached hydrogens (tertiary/aromatic N) is 2. The molecular formula is C8H7N3O2S. The molecule has 2 aromatic rings. The van der Waals surface area contributed by atoms with Crippen molar-refractivity contribution in [2.24, 2.45) is 0 Å². The Morgan fingerprint density at radius 2 is 2.14 bits per heavy atom. The summed E-state index contributed by atoms with van der Waals surface area (Å²) < 4.78 is 21.2. The standard InChI is InChI=1S/C8H7N3O2S/c12-14(13)11-8-9-5-6-3-1-2-4-7(6)10-8/h1-5H,(H,12,13)(H,9,10,11). The van der Waals surface area contributed by atoms with Gasteiger partial charge >= 0.3 is 0 Å². The monoisotopic (exact) mass is 209 g/mol. The summed E-state index contributed by atoms with van der Waals surface area (Å²) in [7, 11) is 0. The van der Waals surface area contributed by atoms with E-state index in [0.29, 0.717) is 0 Å². The Kier molecular flexibility index (Phi) is 2.38. The van der Waals surface area contributed by atoms with E-state index in [0.717, 1.165) is 10.9 Å². The molecule has 0 bridgehead atoms. The van der Waals surface area contributed by atoms with Gasteiger partial charge in [0.2, 0.25) is 5.95 Å². The lowest BCUT2D eigenvalue weighted by molar-refractivity contribution is 0.570. The fraction of sp³-hybridized carbons (Fsp3) is 0. The number of anilines is 1. The van der Waals surface area contributed by atoms with Gasteiger partial charge in [0.05, 0.1) is 5.52 Å². The minimum absolute atomic E-state index is 0.143. The molecule has 1 atom stereocenters. The van der Waals surface area contributed by atoms with E-state index in [1.807, 2.05) is 24.3 Å². The third-order valence-electron chi connectivity index (χ3n) is 1.67. The molecule has 0 fully saturated rings. The zero-order valence-corrected chi connectivity index (χ0v) is 7.86. The van der Waals surface area contributed by atoms with E-state index in [1.165, 1.54) is 0 Å². The van der Waals surface area contributed by atoms with Crippen LogP contribution in [0.5, 0.6) is 0 Å². The van der Waals surface area contributed by atoms with E-state index in [1.54, 1.807) is 6.20 Å². The third kappa shape index (κ3) is 1.86.